The number of nitriles is 1. The normalized spacial score (nSPS) is 11.7. The molecule has 2 rings (SSSR count). The van der Waals surface area contributed by atoms with Gasteiger partial charge in [0.05, 0.1) is 24.8 Å². The molecule has 4 nitrogen and oxygen atoms in total. The molecule has 22 heavy (non-hydrogen) atoms. The molecule has 0 fully saturated rings. The minimum atomic E-state index is -0.817. The van der Waals surface area contributed by atoms with Crippen LogP contribution < -0.4 is 4.74 Å². The maximum Gasteiger partial charge on any atom is 0.128 e. The highest BCUT2D eigenvalue weighted by atomic mass is 19.1. The van der Waals surface area contributed by atoms with Crippen molar-refractivity contribution in [3.63, 3.8) is 0 Å². The average molecular weight is 301 g/mol. The molecule has 0 aromatic heterocycles. The van der Waals surface area contributed by atoms with Gasteiger partial charge in [0.2, 0.25) is 0 Å². The molecule has 0 heterocycles. The molecule has 1 atom stereocenters. The van der Waals surface area contributed by atoms with E-state index in [1.807, 2.05) is 6.07 Å². The largest absolute Gasteiger partial charge is 0.491 e. The van der Waals surface area contributed by atoms with Gasteiger partial charge in [0.1, 0.15) is 24.3 Å². The van der Waals surface area contributed by atoms with Gasteiger partial charge < -0.3 is 14.6 Å². The van der Waals surface area contributed by atoms with Crippen molar-refractivity contribution in [2.45, 2.75) is 12.7 Å². The van der Waals surface area contributed by atoms with E-state index < -0.39 is 6.10 Å². The van der Waals surface area contributed by atoms with Crippen LogP contribution in [0.5, 0.6) is 5.75 Å². The lowest BCUT2D eigenvalue weighted by Crippen LogP contribution is -2.23. The highest BCUT2D eigenvalue weighted by molar-refractivity contribution is 5.34. The molecule has 0 saturated heterocycles. The molecule has 0 aliphatic carbocycles. The van der Waals surface area contributed by atoms with Crippen molar-refractivity contribution >= 4 is 0 Å². The monoisotopic (exact) mass is 301 g/mol. The highest BCUT2D eigenvalue weighted by Crippen LogP contribution is 2.12. The summed E-state index contributed by atoms with van der Waals surface area (Å²) in [6.07, 6.45) is -0.817. The molecule has 0 radical (unpaired) electrons. The fraction of sp³-hybridized carbons (Fsp3) is 0.235. The zero-order chi connectivity index (χ0) is 15.8. The van der Waals surface area contributed by atoms with Crippen LogP contribution in [0.25, 0.3) is 0 Å². The van der Waals surface area contributed by atoms with Crippen LogP contribution in [0.2, 0.25) is 0 Å². The molecule has 1 unspecified atom stereocenters. The average Bonchev–Trinajstić information content (AvgIpc) is 2.55. The van der Waals surface area contributed by atoms with Crippen LogP contribution >= 0.6 is 0 Å². The molecule has 2 aromatic carbocycles. The van der Waals surface area contributed by atoms with Gasteiger partial charge in [-0.15, -0.1) is 0 Å². The predicted octanol–water partition coefficient (Wildman–Crippen LogP) is 2.65. The highest BCUT2D eigenvalue weighted by Gasteiger charge is 2.07. The van der Waals surface area contributed by atoms with E-state index in [1.54, 1.807) is 42.5 Å². The van der Waals surface area contributed by atoms with E-state index in [9.17, 15) is 9.50 Å². The van der Waals surface area contributed by atoms with Crippen LogP contribution in [0.1, 0.15) is 11.1 Å². The number of ether oxygens (including phenoxy) is 2. The maximum atomic E-state index is 13.4. The van der Waals surface area contributed by atoms with Crippen molar-refractivity contribution in [2.75, 3.05) is 13.2 Å². The Labute approximate surface area is 128 Å². The third-order valence-electron chi connectivity index (χ3n) is 2.95. The van der Waals surface area contributed by atoms with Gasteiger partial charge in [-0.05, 0) is 30.3 Å². The van der Waals surface area contributed by atoms with Gasteiger partial charge in [0.15, 0.2) is 0 Å². The molecule has 0 spiro atoms. The van der Waals surface area contributed by atoms with Gasteiger partial charge in [-0.3, -0.25) is 0 Å². The summed E-state index contributed by atoms with van der Waals surface area (Å²) in [5.41, 5.74) is 0.990. The first-order valence-electron chi connectivity index (χ1n) is 6.81. The Balaban J connectivity index is 1.70. The lowest BCUT2D eigenvalue weighted by Gasteiger charge is -2.13. The molecule has 0 bridgehead atoms. The van der Waals surface area contributed by atoms with Crippen molar-refractivity contribution in [3.05, 3.63) is 65.5 Å². The van der Waals surface area contributed by atoms with Crippen LogP contribution in [-0.2, 0) is 11.3 Å². The van der Waals surface area contributed by atoms with Gasteiger partial charge in [-0.2, -0.15) is 5.26 Å². The summed E-state index contributed by atoms with van der Waals surface area (Å²) in [5.74, 6) is 0.234. The third-order valence-corrected chi connectivity index (χ3v) is 2.95. The summed E-state index contributed by atoms with van der Waals surface area (Å²) >= 11 is 0. The Bertz CT molecular complexity index is 637. The number of nitrogens with zero attached hydrogens (tertiary/aromatic N) is 1. The Morgan fingerprint density at radius 2 is 1.82 bits per heavy atom. The van der Waals surface area contributed by atoms with Crippen LogP contribution in [0.15, 0.2) is 48.5 Å². The zero-order valence-corrected chi connectivity index (χ0v) is 11.9. The van der Waals surface area contributed by atoms with Gasteiger partial charge in [0, 0.05) is 5.56 Å². The third kappa shape index (κ3) is 4.85. The van der Waals surface area contributed by atoms with Crippen molar-refractivity contribution in [3.8, 4) is 11.8 Å². The number of aliphatic hydroxyl groups is 1. The number of hydrogen-bond acceptors (Lipinski definition) is 4. The fourth-order valence-electron chi connectivity index (χ4n) is 1.79. The summed E-state index contributed by atoms with van der Waals surface area (Å²) < 4.78 is 24.0. The van der Waals surface area contributed by atoms with E-state index in [2.05, 4.69) is 0 Å². The van der Waals surface area contributed by atoms with E-state index in [0.717, 1.165) is 0 Å². The second-order valence-corrected chi connectivity index (χ2v) is 4.71. The van der Waals surface area contributed by atoms with E-state index in [4.69, 9.17) is 14.7 Å². The number of rotatable bonds is 7. The molecular formula is C17H16FNO3. The number of hydrogen-bond donors (Lipinski definition) is 1. The van der Waals surface area contributed by atoms with E-state index in [-0.39, 0.29) is 25.6 Å². The molecule has 0 saturated carbocycles. The standard InChI is InChI=1S/C17H16FNO3/c18-17-4-2-1-3-14(17)10-21-11-15(20)12-22-16-7-5-13(9-19)6-8-16/h1-8,15,20H,10-12H2. The molecule has 0 amide bonds. The fourth-order valence-corrected chi connectivity index (χ4v) is 1.79. The Kier molecular flexibility index (Phi) is 5.90. The first-order chi connectivity index (χ1) is 10.7. The molecular weight excluding hydrogens is 285 g/mol. The first-order valence-corrected chi connectivity index (χ1v) is 6.81. The maximum absolute atomic E-state index is 13.4. The minimum Gasteiger partial charge on any atom is -0.491 e. The van der Waals surface area contributed by atoms with Crippen molar-refractivity contribution in [1.82, 2.24) is 0 Å². The lowest BCUT2D eigenvalue weighted by atomic mass is 10.2. The second-order valence-electron chi connectivity index (χ2n) is 4.71. The summed E-state index contributed by atoms with van der Waals surface area (Å²) in [4.78, 5) is 0. The van der Waals surface area contributed by atoms with Gasteiger partial charge in [-0.1, -0.05) is 18.2 Å². The summed E-state index contributed by atoms with van der Waals surface area (Å²) in [5, 5.41) is 18.4. The first kappa shape index (κ1) is 16.0. The SMILES string of the molecule is N#Cc1ccc(OCC(O)COCc2ccccc2F)cc1. The predicted molar refractivity (Wildman–Crippen MR) is 78.7 cm³/mol. The summed E-state index contributed by atoms with van der Waals surface area (Å²) in [6.45, 7) is 0.203. The molecule has 1 N–H and O–H groups in total. The second kappa shape index (κ2) is 8.13. The number of halogens is 1. The summed E-state index contributed by atoms with van der Waals surface area (Å²) in [7, 11) is 0. The van der Waals surface area contributed by atoms with E-state index in [0.29, 0.717) is 16.9 Å². The quantitative estimate of drug-likeness (QED) is 0.854. The topological polar surface area (TPSA) is 62.5 Å². The lowest BCUT2D eigenvalue weighted by molar-refractivity contribution is 0.00476. The minimum absolute atomic E-state index is 0.0462. The number of benzene rings is 2. The van der Waals surface area contributed by atoms with E-state index >= 15 is 0 Å². The van der Waals surface area contributed by atoms with Crippen molar-refractivity contribution in [1.29, 1.82) is 5.26 Å². The number of aliphatic hydroxyl groups excluding tert-OH is 1. The zero-order valence-electron chi connectivity index (χ0n) is 11.9. The van der Waals surface area contributed by atoms with Crippen LogP contribution in [-0.4, -0.2) is 24.4 Å². The molecule has 0 aliphatic heterocycles. The Hall–Kier alpha value is -2.42. The smallest absolute Gasteiger partial charge is 0.128 e. The van der Waals surface area contributed by atoms with Crippen molar-refractivity contribution < 1.29 is 19.0 Å². The van der Waals surface area contributed by atoms with Crippen molar-refractivity contribution in [2.24, 2.45) is 0 Å². The van der Waals surface area contributed by atoms with Crippen LogP contribution in [0, 0.1) is 17.1 Å². The molecule has 114 valence electrons. The van der Waals surface area contributed by atoms with Crippen LogP contribution in [0.3, 0.4) is 0 Å². The molecule has 0 aliphatic rings. The summed E-state index contributed by atoms with van der Waals surface area (Å²) in [6, 6.07) is 14.9. The van der Waals surface area contributed by atoms with E-state index in [1.165, 1.54) is 6.07 Å². The Morgan fingerprint density at radius 3 is 2.50 bits per heavy atom. The Morgan fingerprint density at radius 1 is 1.09 bits per heavy atom. The van der Waals surface area contributed by atoms with Gasteiger partial charge in [-0.25, -0.2) is 4.39 Å². The molecule has 5 heteroatoms. The van der Waals surface area contributed by atoms with Gasteiger partial charge in [0.25, 0.3) is 0 Å². The van der Waals surface area contributed by atoms with Gasteiger partial charge >= 0.3 is 0 Å². The van der Waals surface area contributed by atoms with Crippen LogP contribution in [0.4, 0.5) is 4.39 Å². The molecule has 2 aromatic rings.